The average Bonchev–Trinajstić information content (AvgIpc) is 3.08. The van der Waals surface area contributed by atoms with Crippen molar-refractivity contribution in [3.05, 3.63) is 41.1 Å². The molecule has 3 aromatic rings. The van der Waals surface area contributed by atoms with E-state index in [1.54, 1.807) is 13.1 Å². The molecule has 0 radical (unpaired) electrons. The van der Waals surface area contributed by atoms with Gasteiger partial charge in [-0.1, -0.05) is 0 Å². The second-order valence-electron chi connectivity index (χ2n) is 7.87. The van der Waals surface area contributed by atoms with Crippen LogP contribution in [0.5, 0.6) is 5.88 Å². The molecule has 11 heteroatoms. The van der Waals surface area contributed by atoms with Crippen molar-refractivity contribution < 1.29 is 27.4 Å². The van der Waals surface area contributed by atoms with Crippen LogP contribution in [0, 0.1) is 13.8 Å². The van der Waals surface area contributed by atoms with Gasteiger partial charge in [-0.2, -0.15) is 13.2 Å². The predicted molar refractivity (Wildman–Crippen MR) is 117 cm³/mol. The summed E-state index contributed by atoms with van der Waals surface area (Å²) in [5.74, 6) is -0.525. The molecule has 176 valence electrons. The van der Waals surface area contributed by atoms with Gasteiger partial charge in [-0.15, -0.1) is 5.10 Å². The van der Waals surface area contributed by atoms with E-state index in [4.69, 9.17) is 9.47 Å². The number of nitrogens with zero attached hydrogens (tertiary/aromatic N) is 4. The summed E-state index contributed by atoms with van der Waals surface area (Å²) in [5, 5.41) is 7.22. The molecule has 1 amide bonds. The molecule has 0 atom stereocenters. The number of morpholine rings is 1. The quantitative estimate of drug-likeness (QED) is 0.624. The molecule has 2 aromatic heterocycles. The lowest BCUT2D eigenvalue weighted by atomic mass is 10.1. The van der Waals surface area contributed by atoms with Crippen LogP contribution in [0.15, 0.2) is 24.3 Å². The molecule has 0 saturated carbocycles. The minimum absolute atomic E-state index is 0.200. The first-order valence-electron chi connectivity index (χ1n) is 10.4. The summed E-state index contributed by atoms with van der Waals surface area (Å²) in [5.41, 5.74) is 1.47. The largest absolute Gasteiger partial charge is 0.466 e. The maximum atomic E-state index is 13.7. The van der Waals surface area contributed by atoms with Crippen molar-refractivity contribution in [2.45, 2.75) is 20.0 Å². The third-order valence-corrected chi connectivity index (χ3v) is 5.39. The Balaban J connectivity index is 1.51. The van der Waals surface area contributed by atoms with E-state index in [2.05, 4.69) is 15.4 Å². The summed E-state index contributed by atoms with van der Waals surface area (Å²) < 4.78 is 53.5. The Hall–Kier alpha value is -3.34. The fourth-order valence-corrected chi connectivity index (χ4v) is 3.86. The van der Waals surface area contributed by atoms with Gasteiger partial charge in [0.05, 0.1) is 29.9 Å². The van der Waals surface area contributed by atoms with Crippen molar-refractivity contribution in [3.63, 3.8) is 0 Å². The average molecular weight is 463 g/mol. The van der Waals surface area contributed by atoms with Gasteiger partial charge in [0.15, 0.2) is 12.3 Å². The number of aryl methyl sites for hydroxylation is 3. The summed E-state index contributed by atoms with van der Waals surface area (Å²) in [6.07, 6.45) is -4.64. The Morgan fingerprint density at radius 3 is 2.64 bits per heavy atom. The molecule has 1 aliphatic rings. The molecule has 4 rings (SSSR count). The number of halogens is 3. The third kappa shape index (κ3) is 4.87. The number of anilines is 2. The second kappa shape index (κ2) is 8.89. The second-order valence-corrected chi connectivity index (χ2v) is 7.87. The number of aromatic nitrogens is 3. The maximum Gasteiger partial charge on any atom is 0.418 e. The summed E-state index contributed by atoms with van der Waals surface area (Å²) in [6, 6.07) is 5.73. The van der Waals surface area contributed by atoms with Crippen LogP contribution in [0.4, 0.5) is 24.5 Å². The van der Waals surface area contributed by atoms with Gasteiger partial charge in [-0.05, 0) is 43.7 Å². The monoisotopic (exact) mass is 463 g/mol. The first-order chi connectivity index (χ1) is 15.6. The number of carbonyl (C=O) groups excluding carboxylic acids is 1. The molecule has 0 bridgehead atoms. The van der Waals surface area contributed by atoms with E-state index in [1.165, 1.54) is 10.7 Å². The fraction of sp³-hybridized carbons (Fsp3) is 0.409. The predicted octanol–water partition coefficient (Wildman–Crippen LogP) is 3.46. The van der Waals surface area contributed by atoms with Crippen LogP contribution in [0.25, 0.3) is 11.0 Å². The van der Waals surface area contributed by atoms with E-state index < -0.39 is 24.3 Å². The van der Waals surface area contributed by atoms with Gasteiger partial charge >= 0.3 is 6.18 Å². The Kier molecular flexibility index (Phi) is 6.15. The van der Waals surface area contributed by atoms with Gasteiger partial charge in [0.2, 0.25) is 5.88 Å². The number of nitrogens with one attached hydrogen (secondary N) is 1. The zero-order chi connectivity index (χ0) is 23.8. The van der Waals surface area contributed by atoms with E-state index in [9.17, 15) is 18.0 Å². The van der Waals surface area contributed by atoms with Gasteiger partial charge in [0.25, 0.3) is 5.91 Å². The zero-order valence-electron chi connectivity index (χ0n) is 18.5. The molecule has 1 fully saturated rings. The minimum atomic E-state index is -4.64. The first kappa shape index (κ1) is 22.8. The van der Waals surface area contributed by atoms with E-state index in [0.29, 0.717) is 43.0 Å². The number of hydrogen-bond acceptors (Lipinski definition) is 6. The van der Waals surface area contributed by atoms with Crippen LogP contribution in [0.2, 0.25) is 0 Å². The van der Waals surface area contributed by atoms with Crippen LogP contribution < -0.4 is 15.0 Å². The maximum absolute atomic E-state index is 13.7. The standard InChI is InChI=1S/C22H24F3N5O3/c1-13-10-14(2)26-20-19(13)21(28-29(20)3)33-12-18(31)27-17-5-4-15(11-16(17)22(23,24)25)30-6-8-32-9-7-30/h4-5,10-11H,6-9,12H2,1-3H3,(H,27,31). The Morgan fingerprint density at radius 2 is 1.94 bits per heavy atom. The number of benzene rings is 1. The molecular weight excluding hydrogens is 439 g/mol. The lowest BCUT2D eigenvalue weighted by molar-refractivity contribution is -0.137. The normalized spacial score (nSPS) is 14.5. The number of ether oxygens (including phenoxy) is 2. The van der Waals surface area contributed by atoms with E-state index in [1.807, 2.05) is 24.8 Å². The number of hydrogen-bond donors (Lipinski definition) is 1. The van der Waals surface area contributed by atoms with Gasteiger partial charge < -0.3 is 19.7 Å². The van der Waals surface area contributed by atoms with Crippen molar-refractivity contribution in [3.8, 4) is 5.88 Å². The molecule has 1 aliphatic heterocycles. The SMILES string of the molecule is Cc1cc(C)c2c(OCC(=O)Nc3ccc(N4CCOCC4)cc3C(F)(F)F)nn(C)c2n1. The number of carbonyl (C=O) groups is 1. The summed E-state index contributed by atoms with van der Waals surface area (Å²) in [4.78, 5) is 18.7. The van der Waals surface area contributed by atoms with Gasteiger partial charge in [0, 0.05) is 31.5 Å². The van der Waals surface area contributed by atoms with Crippen molar-refractivity contribution in [2.75, 3.05) is 43.1 Å². The highest BCUT2D eigenvalue weighted by Crippen LogP contribution is 2.37. The highest BCUT2D eigenvalue weighted by Gasteiger charge is 2.35. The number of amides is 1. The van der Waals surface area contributed by atoms with Crippen molar-refractivity contribution in [1.29, 1.82) is 0 Å². The smallest absolute Gasteiger partial charge is 0.418 e. The van der Waals surface area contributed by atoms with Crippen LogP contribution in [-0.2, 0) is 22.8 Å². The van der Waals surface area contributed by atoms with Gasteiger partial charge in [-0.25, -0.2) is 9.67 Å². The number of pyridine rings is 1. The van der Waals surface area contributed by atoms with Crippen molar-refractivity contribution >= 4 is 28.3 Å². The lowest BCUT2D eigenvalue weighted by Gasteiger charge is -2.29. The van der Waals surface area contributed by atoms with Crippen molar-refractivity contribution in [1.82, 2.24) is 14.8 Å². The third-order valence-electron chi connectivity index (χ3n) is 5.39. The Bertz CT molecular complexity index is 1190. The van der Waals surface area contributed by atoms with Gasteiger partial charge in [-0.3, -0.25) is 4.79 Å². The molecule has 1 aromatic carbocycles. The van der Waals surface area contributed by atoms with Crippen molar-refractivity contribution in [2.24, 2.45) is 7.05 Å². The molecule has 33 heavy (non-hydrogen) atoms. The lowest BCUT2D eigenvalue weighted by Crippen LogP contribution is -2.36. The molecule has 0 unspecified atom stereocenters. The molecule has 1 saturated heterocycles. The summed E-state index contributed by atoms with van der Waals surface area (Å²) in [6.45, 7) is 5.14. The highest BCUT2D eigenvalue weighted by atomic mass is 19.4. The first-order valence-corrected chi connectivity index (χ1v) is 10.4. The molecule has 3 heterocycles. The Morgan fingerprint density at radius 1 is 1.21 bits per heavy atom. The molecule has 0 spiro atoms. The zero-order valence-corrected chi connectivity index (χ0v) is 18.5. The molecule has 0 aliphatic carbocycles. The van der Waals surface area contributed by atoms with Crippen LogP contribution in [0.1, 0.15) is 16.8 Å². The minimum Gasteiger partial charge on any atom is -0.466 e. The fourth-order valence-electron chi connectivity index (χ4n) is 3.86. The summed E-state index contributed by atoms with van der Waals surface area (Å²) in [7, 11) is 1.70. The number of fused-ring (bicyclic) bond motifs is 1. The van der Waals surface area contributed by atoms with Crippen LogP contribution >= 0.6 is 0 Å². The molecule has 8 nitrogen and oxygen atoms in total. The van der Waals surface area contributed by atoms with E-state index in [-0.39, 0.29) is 11.6 Å². The van der Waals surface area contributed by atoms with Gasteiger partial charge in [0.1, 0.15) is 0 Å². The highest BCUT2D eigenvalue weighted by molar-refractivity contribution is 5.93. The Labute approximate surface area is 188 Å². The molecular formula is C22H24F3N5O3. The molecule has 1 N–H and O–H groups in total. The number of rotatable bonds is 5. The summed E-state index contributed by atoms with van der Waals surface area (Å²) >= 11 is 0. The number of alkyl halides is 3. The van der Waals surface area contributed by atoms with Crippen LogP contribution in [-0.4, -0.2) is 53.6 Å². The van der Waals surface area contributed by atoms with E-state index in [0.717, 1.165) is 17.3 Å². The topological polar surface area (TPSA) is 81.5 Å². The van der Waals surface area contributed by atoms with Crippen LogP contribution in [0.3, 0.4) is 0 Å². The van der Waals surface area contributed by atoms with E-state index >= 15 is 0 Å².